The molecule has 4 nitrogen and oxygen atoms in total. The SMILES string of the molecule is CCc1ccc(OCCNC(=O)COc2cc(C)c(Br)c(C)c2)cc1. The van der Waals surface area contributed by atoms with Crippen LogP contribution in [0.5, 0.6) is 11.5 Å². The van der Waals surface area contributed by atoms with Crippen molar-refractivity contribution in [2.24, 2.45) is 0 Å². The topological polar surface area (TPSA) is 47.6 Å². The minimum absolute atomic E-state index is 0.00822. The van der Waals surface area contributed by atoms with Gasteiger partial charge in [-0.25, -0.2) is 0 Å². The summed E-state index contributed by atoms with van der Waals surface area (Å²) in [5.41, 5.74) is 3.44. The van der Waals surface area contributed by atoms with Gasteiger partial charge in [0, 0.05) is 4.47 Å². The molecule has 5 heteroatoms. The molecule has 0 saturated heterocycles. The zero-order valence-electron chi connectivity index (χ0n) is 14.9. The van der Waals surface area contributed by atoms with Gasteiger partial charge in [0.15, 0.2) is 6.61 Å². The number of nitrogens with one attached hydrogen (secondary N) is 1. The lowest BCUT2D eigenvalue weighted by Gasteiger charge is -2.11. The second-order valence-corrected chi connectivity index (χ2v) is 6.65. The highest BCUT2D eigenvalue weighted by Gasteiger charge is 2.06. The Morgan fingerprint density at radius 3 is 2.28 bits per heavy atom. The number of halogens is 1. The Balaban J connectivity index is 1.68. The summed E-state index contributed by atoms with van der Waals surface area (Å²) in [6, 6.07) is 11.8. The molecule has 1 amide bonds. The average Bonchev–Trinajstić information content (AvgIpc) is 2.62. The minimum Gasteiger partial charge on any atom is -0.492 e. The molecule has 0 radical (unpaired) electrons. The molecule has 25 heavy (non-hydrogen) atoms. The summed E-state index contributed by atoms with van der Waals surface area (Å²) in [4.78, 5) is 11.8. The van der Waals surface area contributed by atoms with Crippen molar-refractivity contribution in [3.05, 3.63) is 57.6 Å². The number of hydrogen-bond acceptors (Lipinski definition) is 3. The van der Waals surface area contributed by atoms with Gasteiger partial charge >= 0.3 is 0 Å². The van der Waals surface area contributed by atoms with Crippen molar-refractivity contribution in [3.8, 4) is 11.5 Å². The first-order chi connectivity index (χ1) is 12.0. The maximum atomic E-state index is 11.8. The average molecular weight is 406 g/mol. The van der Waals surface area contributed by atoms with Crippen LogP contribution in [0.15, 0.2) is 40.9 Å². The third-order valence-electron chi connectivity index (χ3n) is 3.80. The molecule has 0 aromatic heterocycles. The lowest BCUT2D eigenvalue weighted by Crippen LogP contribution is -2.32. The molecule has 0 aliphatic rings. The molecule has 0 heterocycles. The second-order valence-electron chi connectivity index (χ2n) is 5.86. The van der Waals surface area contributed by atoms with Gasteiger partial charge in [-0.05, 0) is 61.2 Å². The van der Waals surface area contributed by atoms with Gasteiger partial charge < -0.3 is 14.8 Å². The Kier molecular flexibility index (Phi) is 7.31. The number of amides is 1. The molecule has 134 valence electrons. The monoisotopic (exact) mass is 405 g/mol. The molecule has 2 aromatic rings. The lowest BCUT2D eigenvalue weighted by atomic mass is 10.1. The number of hydrogen-bond donors (Lipinski definition) is 1. The Bertz CT molecular complexity index is 690. The van der Waals surface area contributed by atoms with Crippen LogP contribution < -0.4 is 14.8 Å². The number of benzene rings is 2. The van der Waals surface area contributed by atoms with Crippen LogP contribution in [-0.2, 0) is 11.2 Å². The predicted octanol–water partition coefficient (Wildman–Crippen LogP) is 4.20. The minimum atomic E-state index is -0.164. The maximum absolute atomic E-state index is 11.8. The van der Waals surface area contributed by atoms with Gasteiger partial charge in [0.1, 0.15) is 18.1 Å². The standard InChI is InChI=1S/C20H24BrNO3/c1-4-16-5-7-17(8-6-16)24-10-9-22-19(23)13-25-18-11-14(2)20(21)15(3)12-18/h5-8,11-12H,4,9-10,13H2,1-3H3,(H,22,23). The fourth-order valence-corrected chi connectivity index (χ4v) is 2.60. The molecular formula is C20H24BrNO3. The second kappa shape index (κ2) is 9.47. The molecule has 2 aromatic carbocycles. The predicted molar refractivity (Wildman–Crippen MR) is 103 cm³/mol. The molecule has 2 rings (SSSR count). The van der Waals surface area contributed by atoms with Gasteiger partial charge in [-0.3, -0.25) is 4.79 Å². The number of carbonyl (C=O) groups is 1. The van der Waals surface area contributed by atoms with Crippen LogP contribution in [0.1, 0.15) is 23.6 Å². The normalized spacial score (nSPS) is 10.4. The summed E-state index contributed by atoms with van der Waals surface area (Å²) >= 11 is 3.51. The van der Waals surface area contributed by atoms with Gasteiger partial charge in [0.2, 0.25) is 0 Å². The summed E-state index contributed by atoms with van der Waals surface area (Å²) in [6.07, 6.45) is 1.01. The first-order valence-corrected chi connectivity index (χ1v) is 9.17. The largest absolute Gasteiger partial charge is 0.492 e. The van der Waals surface area contributed by atoms with Crippen molar-refractivity contribution < 1.29 is 14.3 Å². The summed E-state index contributed by atoms with van der Waals surface area (Å²) in [6.45, 7) is 6.96. The Morgan fingerprint density at radius 2 is 1.68 bits per heavy atom. The van der Waals surface area contributed by atoms with E-state index in [0.717, 1.165) is 27.8 Å². The molecule has 0 spiro atoms. The Labute approximate surface area is 157 Å². The number of aryl methyl sites for hydroxylation is 3. The van der Waals surface area contributed by atoms with Crippen LogP contribution in [0.4, 0.5) is 0 Å². The smallest absolute Gasteiger partial charge is 0.258 e. The fourth-order valence-electron chi connectivity index (χ4n) is 2.37. The number of carbonyl (C=O) groups excluding carboxylic acids is 1. The molecule has 0 atom stereocenters. The molecule has 0 fully saturated rings. The van der Waals surface area contributed by atoms with Gasteiger partial charge in [-0.2, -0.15) is 0 Å². The highest BCUT2D eigenvalue weighted by atomic mass is 79.9. The lowest BCUT2D eigenvalue weighted by molar-refractivity contribution is -0.123. The van der Waals surface area contributed by atoms with E-state index in [0.29, 0.717) is 18.9 Å². The number of rotatable bonds is 8. The summed E-state index contributed by atoms with van der Waals surface area (Å²) in [5.74, 6) is 1.34. The van der Waals surface area contributed by atoms with Crippen molar-refractivity contribution in [3.63, 3.8) is 0 Å². The molecule has 0 aliphatic heterocycles. The molecule has 0 saturated carbocycles. The van der Waals surface area contributed by atoms with Crippen LogP contribution in [0.25, 0.3) is 0 Å². The van der Waals surface area contributed by atoms with Crippen molar-refractivity contribution >= 4 is 21.8 Å². The van der Waals surface area contributed by atoms with Crippen molar-refractivity contribution in [2.75, 3.05) is 19.8 Å². The van der Waals surface area contributed by atoms with Crippen molar-refractivity contribution in [1.82, 2.24) is 5.32 Å². The van der Waals surface area contributed by atoms with E-state index in [9.17, 15) is 4.79 Å². The Hall–Kier alpha value is -2.01. The summed E-state index contributed by atoms with van der Waals surface area (Å²) in [7, 11) is 0. The highest BCUT2D eigenvalue weighted by Crippen LogP contribution is 2.26. The van der Waals surface area contributed by atoms with Gasteiger partial charge in [0.05, 0.1) is 6.54 Å². The van der Waals surface area contributed by atoms with Gasteiger partial charge in [0.25, 0.3) is 5.91 Å². The van der Waals surface area contributed by atoms with Crippen LogP contribution in [0.2, 0.25) is 0 Å². The molecule has 0 aliphatic carbocycles. The van der Waals surface area contributed by atoms with Crippen LogP contribution in [-0.4, -0.2) is 25.7 Å². The van der Waals surface area contributed by atoms with Crippen molar-refractivity contribution in [1.29, 1.82) is 0 Å². The van der Waals surface area contributed by atoms with Crippen LogP contribution >= 0.6 is 15.9 Å². The zero-order valence-corrected chi connectivity index (χ0v) is 16.5. The van der Waals surface area contributed by atoms with Gasteiger partial charge in [-0.15, -0.1) is 0 Å². The van der Waals surface area contributed by atoms with E-state index >= 15 is 0 Å². The quantitative estimate of drug-likeness (QED) is 0.669. The first-order valence-electron chi connectivity index (χ1n) is 8.37. The first kappa shape index (κ1) is 19.3. The van der Waals surface area contributed by atoms with E-state index in [1.54, 1.807) is 0 Å². The van der Waals surface area contributed by atoms with E-state index in [-0.39, 0.29) is 12.5 Å². The van der Waals surface area contributed by atoms with Crippen molar-refractivity contribution in [2.45, 2.75) is 27.2 Å². The number of ether oxygens (including phenoxy) is 2. The molecule has 0 unspecified atom stereocenters. The van der Waals surface area contributed by atoms with E-state index < -0.39 is 0 Å². The van der Waals surface area contributed by atoms with Gasteiger partial charge in [-0.1, -0.05) is 35.0 Å². The zero-order chi connectivity index (χ0) is 18.2. The Morgan fingerprint density at radius 1 is 1.04 bits per heavy atom. The van der Waals surface area contributed by atoms with E-state index in [4.69, 9.17) is 9.47 Å². The fraction of sp³-hybridized carbons (Fsp3) is 0.350. The summed E-state index contributed by atoms with van der Waals surface area (Å²) in [5, 5.41) is 2.79. The third-order valence-corrected chi connectivity index (χ3v) is 5.06. The van der Waals surface area contributed by atoms with E-state index in [1.807, 2.05) is 50.2 Å². The summed E-state index contributed by atoms with van der Waals surface area (Å²) < 4.78 is 12.2. The molecule has 0 bridgehead atoms. The highest BCUT2D eigenvalue weighted by molar-refractivity contribution is 9.10. The third kappa shape index (κ3) is 6.09. The van der Waals surface area contributed by atoms with Crippen LogP contribution in [0.3, 0.4) is 0 Å². The maximum Gasteiger partial charge on any atom is 0.258 e. The van der Waals surface area contributed by atoms with E-state index in [1.165, 1.54) is 5.56 Å². The van der Waals surface area contributed by atoms with E-state index in [2.05, 4.69) is 28.2 Å². The van der Waals surface area contributed by atoms with Crippen LogP contribution in [0, 0.1) is 13.8 Å². The molecular weight excluding hydrogens is 382 g/mol. The molecule has 1 N–H and O–H groups in total.